The van der Waals surface area contributed by atoms with E-state index < -0.39 is 0 Å². The smallest absolute Gasteiger partial charge is 0.304 e. The fourth-order valence-electron chi connectivity index (χ4n) is 1.30. The van der Waals surface area contributed by atoms with Gasteiger partial charge in [0.1, 0.15) is 5.82 Å². The molecule has 0 spiro atoms. The Bertz CT molecular complexity index is 563. The lowest BCUT2D eigenvalue weighted by atomic mass is 10.4. The summed E-state index contributed by atoms with van der Waals surface area (Å²) >= 11 is 1.13. The SMILES string of the molecule is COc1nc(NCc2csc(=O)[nH]2)ccc1N. The van der Waals surface area contributed by atoms with Gasteiger partial charge in [-0.15, -0.1) is 0 Å². The molecule has 0 aromatic carbocycles. The van der Waals surface area contributed by atoms with Crippen LogP contribution in [0.15, 0.2) is 22.3 Å². The summed E-state index contributed by atoms with van der Waals surface area (Å²) in [7, 11) is 1.51. The summed E-state index contributed by atoms with van der Waals surface area (Å²) in [5, 5.41) is 4.83. The van der Waals surface area contributed by atoms with Crippen LogP contribution in [0.3, 0.4) is 0 Å². The Kier molecular flexibility index (Phi) is 3.29. The van der Waals surface area contributed by atoms with Gasteiger partial charge < -0.3 is 20.8 Å². The molecule has 0 bridgehead atoms. The average molecular weight is 252 g/mol. The van der Waals surface area contributed by atoms with Gasteiger partial charge in [-0.2, -0.15) is 4.98 Å². The van der Waals surface area contributed by atoms with Crippen LogP contribution < -0.4 is 20.7 Å². The minimum Gasteiger partial charge on any atom is -0.479 e. The lowest BCUT2D eigenvalue weighted by molar-refractivity contribution is 0.401. The Balaban J connectivity index is 2.06. The third kappa shape index (κ3) is 2.76. The standard InChI is InChI=1S/C10H12N4O2S/c1-16-9-7(11)2-3-8(14-9)12-4-6-5-17-10(15)13-6/h2-3,5H,4,11H2,1H3,(H,12,14)(H,13,15). The molecule has 0 unspecified atom stereocenters. The number of nitrogen functional groups attached to an aromatic ring is 1. The lowest BCUT2D eigenvalue weighted by Gasteiger charge is -2.07. The molecular formula is C10H12N4O2S. The average Bonchev–Trinajstić information content (AvgIpc) is 2.74. The first-order chi connectivity index (χ1) is 8.19. The van der Waals surface area contributed by atoms with E-state index in [2.05, 4.69) is 15.3 Å². The number of pyridine rings is 1. The van der Waals surface area contributed by atoms with Crippen LogP contribution in [0.5, 0.6) is 5.88 Å². The van der Waals surface area contributed by atoms with Crippen LogP contribution in [0.2, 0.25) is 0 Å². The quantitative estimate of drug-likeness (QED) is 0.755. The van der Waals surface area contributed by atoms with Crippen molar-refractivity contribution in [3.63, 3.8) is 0 Å². The molecule has 0 amide bonds. The van der Waals surface area contributed by atoms with Crippen LogP contribution in [0.4, 0.5) is 11.5 Å². The molecule has 90 valence electrons. The van der Waals surface area contributed by atoms with Gasteiger partial charge in [-0.1, -0.05) is 11.3 Å². The molecule has 0 radical (unpaired) electrons. The van der Waals surface area contributed by atoms with Gasteiger partial charge in [0.25, 0.3) is 0 Å². The Morgan fingerprint density at radius 3 is 3.06 bits per heavy atom. The van der Waals surface area contributed by atoms with E-state index in [1.165, 1.54) is 7.11 Å². The number of aromatic nitrogens is 2. The van der Waals surface area contributed by atoms with Gasteiger partial charge in [-0.25, -0.2) is 0 Å². The largest absolute Gasteiger partial charge is 0.479 e. The molecule has 0 saturated carbocycles. The molecule has 0 aliphatic heterocycles. The molecule has 0 aliphatic rings. The molecule has 0 atom stereocenters. The molecule has 2 rings (SSSR count). The number of nitrogens with one attached hydrogen (secondary N) is 2. The number of anilines is 2. The number of rotatable bonds is 4. The third-order valence-corrected chi connectivity index (χ3v) is 2.83. The van der Waals surface area contributed by atoms with E-state index in [-0.39, 0.29) is 4.87 Å². The van der Waals surface area contributed by atoms with E-state index in [0.29, 0.717) is 23.9 Å². The highest BCUT2D eigenvalue weighted by Crippen LogP contribution is 2.20. The van der Waals surface area contributed by atoms with Crippen molar-refractivity contribution >= 4 is 22.8 Å². The second-order valence-corrected chi connectivity index (χ2v) is 4.16. The number of methoxy groups -OCH3 is 1. The summed E-state index contributed by atoms with van der Waals surface area (Å²) in [6.45, 7) is 0.499. The summed E-state index contributed by atoms with van der Waals surface area (Å²) in [6, 6.07) is 3.47. The van der Waals surface area contributed by atoms with Gasteiger partial charge in [0.2, 0.25) is 5.88 Å². The van der Waals surface area contributed by atoms with Gasteiger partial charge in [0.15, 0.2) is 0 Å². The van der Waals surface area contributed by atoms with E-state index in [9.17, 15) is 4.79 Å². The molecule has 7 heteroatoms. The van der Waals surface area contributed by atoms with Gasteiger partial charge in [-0.3, -0.25) is 4.79 Å². The highest BCUT2D eigenvalue weighted by atomic mass is 32.1. The van der Waals surface area contributed by atoms with Crippen molar-refractivity contribution < 1.29 is 4.74 Å². The maximum Gasteiger partial charge on any atom is 0.304 e. The fraction of sp³-hybridized carbons (Fsp3) is 0.200. The lowest BCUT2D eigenvalue weighted by Crippen LogP contribution is -2.05. The van der Waals surface area contributed by atoms with Crippen LogP contribution in [0.25, 0.3) is 0 Å². The highest BCUT2D eigenvalue weighted by molar-refractivity contribution is 7.07. The van der Waals surface area contributed by atoms with E-state index in [4.69, 9.17) is 10.5 Å². The summed E-state index contributed by atoms with van der Waals surface area (Å²) in [5.41, 5.74) is 6.95. The number of aromatic amines is 1. The first-order valence-corrected chi connectivity index (χ1v) is 5.78. The van der Waals surface area contributed by atoms with Crippen LogP contribution >= 0.6 is 11.3 Å². The van der Waals surface area contributed by atoms with Crippen molar-refractivity contribution in [1.82, 2.24) is 9.97 Å². The molecule has 2 aromatic rings. The Labute approximate surface area is 101 Å². The highest BCUT2D eigenvalue weighted by Gasteiger charge is 2.03. The molecule has 0 fully saturated rings. The normalized spacial score (nSPS) is 10.2. The van der Waals surface area contributed by atoms with Crippen molar-refractivity contribution in [3.8, 4) is 5.88 Å². The zero-order chi connectivity index (χ0) is 12.3. The molecule has 0 saturated heterocycles. The van der Waals surface area contributed by atoms with Crippen LogP contribution in [0.1, 0.15) is 5.69 Å². The second-order valence-electron chi connectivity index (χ2n) is 3.32. The van der Waals surface area contributed by atoms with Crippen molar-refractivity contribution in [2.45, 2.75) is 6.54 Å². The fourth-order valence-corrected chi connectivity index (χ4v) is 1.88. The number of ether oxygens (including phenoxy) is 1. The van der Waals surface area contributed by atoms with Crippen molar-refractivity contribution in [2.24, 2.45) is 0 Å². The number of thiazole rings is 1. The van der Waals surface area contributed by atoms with E-state index in [1.54, 1.807) is 17.5 Å². The Morgan fingerprint density at radius 2 is 2.41 bits per heavy atom. The van der Waals surface area contributed by atoms with Crippen LogP contribution in [-0.2, 0) is 6.54 Å². The van der Waals surface area contributed by atoms with Gasteiger partial charge >= 0.3 is 4.87 Å². The first-order valence-electron chi connectivity index (χ1n) is 4.90. The minimum absolute atomic E-state index is 0.0651. The zero-order valence-electron chi connectivity index (χ0n) is 9.19. The predicted octanol–water partition coefficient (Wildman–Crippen LogP) is 1.03. The van der Waals surface area contributed by atoms with E-state index in [1.807, 2.05) is 0 Å². The maximum absolute atomic E-state index is 10.9. The second kappa shape index (κ2) is 4.88. The third-order valence-electron chi connectivity index (χ3n) is 2.11. The Morgan fingerprint density at radius 1 is 1.59 bits per heavy atom. The summed E-state index contributed by atoms with van der Waals surface area (Å²) in [5.74, 6) is 1.02. The number of hydrogen-bond donors (Lipinski definition) is 3. The van der Waals surface area contributed by atoms with Crippen molar-refractivity contribution in [2.75, 3.05) is 18.2 Å². The molecular weight excluding hydrogens is 240 g/mol. The van der Waals surface area contributed by atoms with Crippen LogP contribution in [0, 0.1) is 0 Å². The molecule has 17 heavy (non-hydrogen) atoms. The molecule has 4 N–H and O–H groups in total. The first kappa shape index (κ1) is 11.5. The van der Waals surface area contributed by atoms with Crippen LogP contribution in [-0.4, -0.2) is 17.1 Å². The summed E-state index contributed by atoms with van der Waals surface area (Å²) in [4.78, 5) is 17.7. The predicted molar refractivity (Wildman–Crippen MR) is 67.5 cm³/mol. The monoisotopic (exact) mass is 252 g/mol. The summed E-state index contributed by atoms with van der Waals surface area (Å²) in [6.07, 6.45) is 0. The number of H-pyrrole nitrogens is 1. The maximum atomic E-state index is 10.9. The molecule has 0 aliphatic carbocycles. The molecule has 2 aromatic heterocycles. The van der Waals surface area contributed by atoms with Gasteiger partial charge in [0, 0.05) is 11.1 Å². The van der Waals surface area contributed by atoms with E-state index >= 15 is 0 Å². The van der Waals surface area contributed by atoms with Crippen molar-refractivity contribution in [1.29, 1.82) is 0 Å². The molecule has 2 heterocycles. The number of nitrogens with zero attached hydrogens (tertiary/aromatic N) is 1. The topological polar surface area (TPSA) is 93.0 Å². The molecule has 6 nitrogen and oxygen atoms in total. The van der Waals surface area contributed by atoms with Gasteiger partial charge in [-0.05, 0) is 12.1 Å². The number of nitrogens with two attached hydrogens (primary N) is 1. The number of hydrogen-bond acceptors (Lipinski definition) is 6. The minimum atomic E-state index is -0.0651. The zero-order valence-corrected chi connectivity index (χ0v) is 10.0. The van der Waals surface area contributed by atoms with E-state index in [0.717, 1.165) is 17.0 Å². The van der Waals surface area contributed by atoms with Gasteiger partial charge in [0.05, 0.1) is 19.3 Å². The van der Waals surface area contributed by atoms with Crippen molar-refractivity contribution in [3.05, 3.63) is 32.9 Å². The summed E-state index contributed by atoms with van der Waals surface area (Å²) < 4.78 is 5.01. The Hall–Kier alpha value is -2.02.